The molecule has 1 heterocycles. The van der Waals surface area contributed by atoms with Crippen molar-refractivity contribution in [3.63, 3.8) is 0 Å². The van der Waals surface area contributed by atoms with Crippen LogP contribution in [0.3, 0.4) is 0 Å². The number of rotatable bonds is 5. The normalized spacial score (nSPS) is 16.2. The van der Waals surface area contributed by atoms with Crippen molar-refractivity contribution < 1.29 is 18.1 Å². The molecule has 9 nitrogen and oxygen atoms in total. The molecule has 1 amide bonds. The van der Waals surface area contributed by atoms with E-state index in [0.717, 1.165) is 6.07 Å². The molecule has 0 aromatic heterocycles. The average molecular weight is 356 g/mol. The number of nitrogens with zero attached hydrogens (tertiary/aromatic N) is 3. The third-order valence-corrected chi connectivity index (χ3v) is 5.99. The monoisotopic (exact) mass is 356 g/mol. The summed E-state index contributed by atoms with van der Waals surface area (Å²) in [5.41, 5.74) is 5.53. The van der Waals surface area contributed by atoms with Gasteiger partial charge < -0.3 is 10.6 Å². The SMILES string of the molecule is Cc1ccc([N+](=O)[O-])cc1S(=O)(=O)N1CCN(C(=O)CCN)CC1. The highest BCUT2D eigenvalue weighted by Gasteiger charge is 2.31. The number of carbonyl (C=O) groups is 1. The van der Waals surface area contributed by atoms with Crippen molar-refractivity contribution in [3.8, 4) is 0 Å². The second kappa shape index (κ2) is 7.24. The molecule has 1 aliphatic rings. The van der Waals surface area contributed by atoms with Gasteiger partial charge in [0.15, 0.2) is 0 Å². The van der Waals surface area contributed by atoms with Crippen molar-refractivity contribution in [2.45, 2.75) is 18.2 Å². The van der Waals surface area contributed by atoms with Crippen molar-refractivity contribution >= 4 is 21.6 Å². The Morgan fingerprint density at radius 3 is 2.46 bits per heavy atom. The van der Waals surface area contributed by atoms with Crippen LogP contribution in [-0.4, -0.2) is 61.2 Å². The van der Waals surface area contributed by atoms with Crippen molar-refractivity contribution in [2.75, 3.05) is 32.7 Å². The number of sulfonamides is 1. The molecule has 132 valence electrons. The molecule has 24 heavy (non-hydrogen) atoms. The van der Waals surface area contributed by atoms with E-state index in [1.54, 1.807) is 11.8 Å². The average Bonchev–Trinajstić information content (AvgIpc) is 2.55. The molecule has 1 aliphatic heterocycles. The first-order valence-electron chi connectivity index (χ1n) is 7.50. The number of nitro benzene ring substituents is 1. The van der Waals surface area contributed by atoms with Crippen LogP contribution in [0.25, 0.3) is 0 Å². The second-order valence-electron chi connectivity index (χ2n) is 5.53. The molecule has 0 radical (unpaired) electrons. The Labute approximate surface area is 140 Å². The number of benzene rings is 1. The summed E-state index contributed by atoms with van der Waals surface area (Å²) in [5, 5.41) is 10.9. The lowest BCUT2D eigenvalue weighted by atomic mass is 10.2. The zero-order valence-corrected chi connectivity index (χ0v) is 14.2. The maximum absolute atomic E-state index is 12.8. The van der Waals surface area contributed by atoms with E-state index in [2.05, 4.69) is 0 Å². The van der Waals surface area contributed by atoms with Gasteiger partial charge in [-0.25, -0.2) is 8.42 Å². The van der Waals surface area contributed by atoms with E-state index in [4.69, 9.17) is 5.73 Å². The highest BCUT2D eigenvalue weighted by molar-refractivity contribution is 7.89. The molecule has 1 aromatic carbocycles. The van der Waals surface area contributed by atoms with Crippen LogP contribution in [0.4, 0.5) is 5.69 Å². The van der Waals surface area contributed by atoms with E-state index in [-0.39, 0.29) is 55.6 Å². The first kappa shape index (κ1) is 18.3. The summed E-state index contributed by atoms with van der Waals surface area (Å²) in [6.45, 7) is 2.72. The number of amides is 1. The first-order valence-corrected chi connectivity index (χ1v) is 8.94. The topological polar surface area (TPSA) is 127 Å². The number of nitrogens with two attached hydrogens (primary N) is 1. The molecule has 0 aliphatic carbocycles. The van der Waals surface area contributed by atoms with Gasteiger partial charge in [0.25, 0.3) is 5.69 Å². The molecule has 10 heteroatoms. The smallest absolute Gasteiger partial charge is 0.270 e. The summed E-state index contributed by atoms with van der Waals surface area (Å²) >= 11 is 0. The molecule has 0 saturated carbocycles. The lowest BCUT2D eigenvalue weighted by Gasteiger charge is -2.34. The summed E-state index contributed by atoms with van der Waals surface area (Å²) in [6, 6.07) is 3.78. The summed E-state index contributed by atoms with van der Waals surface area (Å²) < 4.78 is 26.8. The third-order valence-electron chi connectivity index (χ3n) is 3.95. The maximum atomic E-state index is 12.8. The van der Waals surface area contributed by atoms with E-state index in [9.17, 15) is 23.3 Å². The van der Waals surface area contributed by atoms with Gasteiger partial charge in [-0.1, -0.05) is 6.07 Å². The van der Waals surface area contributed by atoms with Gasteiger partial charge in [-0.3, -0.25) is 14.9 Å². The Morgan fingerprint density at radius 1 is 1.29 bits per heavy atom. The van der Waals surface area contributed by atoms with Crippen LogP contribution in [0.5, 0.6) is 0 Å². The zero-order chi connectivity index (χ0) is 17.9. The summed E-state index contributed by atoms with van der Waals surface area (Å²) in [5.74, 6) is -0.0962. The number of aryl methyl sites for hydroxylation is 1. The van der Waals surface area contributed by atoms with Gasteiger partial charge in [0.05, 0.1) is 9.82 Å². The number of hydrogen-bond donors (Lipinski definition) is 1. The highest BCUT2D eigenvalue weighted by atomic mass is 32.2. The van der Waals surface area contributed by atoms with E-state index >= 15 is 0 Å². The van der Waals surface area contributed by atoms with Gasteiger partial charge in [0.1, 0.15) is 0 Å². The minimum absolute atomic E-state index is 0.0709. The van der Waals surface area contributed by atoms with E-state index in [1.807, 2.05) is 0 Å². The Balaban J connectivity index is 2.19. The fraction of sp³-hybridized carbons (Fsp3) is 0.500. The van der Waals surface area contributed by atoms with Crippen molar-refractivity contribution in [1.82, 2.24) is 9.21 Å². The van der Waals surface area contributed by atoms with Crippen LogP contribution >= 0.6 is 0 Å². The standard InChI is InChI=1S/C14H20N4O5S/c1-11-2-3-12(18(20)21)10-13(11)24(22,23)17-8-6-16(7-9-17)14(19)4-5-15/h2-3,10H,4-9,15H2,1H3. The van der Waals surface area contributed by atoms with Crippen LogP contribution in [0.1, 0.15) is 12.0 Å². The number of nitro groups is 1. The molecule has 0 atom stereocenters. The Kier molecular flexibility index (Phi) is 5.52. The minimum atomic E-state index is -3.84. The molecule has 0 spiro atoms. The first-order chi connectivity index (χ1) is 11.3. The molecule has 0 unspecified atom stereocenters. The van der Waals surface area contributed by atoms with Crippen molar-refractivity contribution in [3.05, 3.63) is 33.9 Å². The number of carbonyl (C=O) groups excluding carboxylic acids is 1. The van der Waals surface area contributed by atoms with Crippen LogP contribution in [0.15, 0.2) is 23.1 Å². The minimum Gasteiger partial charge on any atom is -0.340 e. The predicted molar refractivity (Wildman–Crippen MR) is 86.8 cm³/mol. The largest absolute Gasteiger partial charge is 0.340 e. The maximum Gasteiger partial charge on any atom is 0.270 e. The molecule has 0 bridgehead atoms. The fourth-order valence-corrected chi connectivity index (χ4v) is 4.25. The third kappa shape index (κ3) is 3.71. The van der Waals surface area contributed by atoms with Gasteiger partial charge in [-0.05, 0) is 12.5 Å². The summed E-state index contributed by atoms with van der Waals surface area (Å²) in [7, 11) is -3.84. The highest BCUT2D eigenvalue weighted by Crippen LogP contribution is 2.25. The lowest BCUT2D eigenvalue weighted by Crippen LogP contribution is -2.50. The van der Waals surface area contributed by atoms with Crippen molar-refractivity contribution in [1.29, 1.82) is 0 Å². The van der Waals surface area contributed by atoms with E-state index < -0.39 is 14.9 Å². The van der Waals surface area contributed by atoms with Crippen LogP contribution in [0.2, 0.25) is 0 Å². The predicted octanol–water partition coefficient (Wildman–Crippen LogP) is 0.0849. The van der Waals surface area contributed by atoms with E-state index in [1.165, 1.54) is 16.4 Å². The van der Waals surface area contributed by atoms with Gasteiger partial charge in [0, 0.05) is 51.3 Å². The van der Waals surface area contributed by atoms with Crippen molar-refractivity contribution in [2.24, 2.45) is 5.73 Å². The Bertz CT molecular complexity index is 742. The Morgan fingerprint density at radius 2 is 1.92 bits per heavy atom. The quantitative estimate of drug-likeness (QED) is 0.588. The fourth-order valence-electron chi connectivity index (χ4n) is 2.58. The van der Waals surface area contributed by atoms with E-state index in [0.29, 0.717) is 5.56 Å². The number of non-ortho nitro benzene ring substituents is 1. The van der Waals surface area contributed by atoms with Gasteiger partial charge in [0.2, 0.25) is 15.9 Å². The molecule has 1 fully saturated rings. The van der Waals surface area contributed by atoms with Gasteiger partial charge in [-0.15, -0.1) is 0 Å². The summed E-state index contributed by atoms with van der Waals surface area (Å²) in [4.78, 5) is 23.6. The number of piperazine rings is 1. The molecule has 1 saturated heterocycles. The van der Waals surface area contributed by atoms with Gasteiger partial charge in [-0.2, -0.15) is 4.31 Å². The van der Waals surface area contributed by atoms with Gasteiger partial charge >= 0.3 is 0 Å². The molecule has 2 N–H and O–H groups in total. The molecular weight excluding hydrogens is 336 g/mol. The summed E-state index contributed by atoms with van der Waals surface area (Å²) in [6.07, 6.45) is 0.233. The second-order valence-corrected chi connectivity index (χ2v) is 7.44. The van der Waals surface area contributed by atoms with Crippen LogP contribution < -0.4 is 5.73 Å². The van der Waals surface area contributed by atoms with Crippen LogP contribution in [-0.2, 0) is 14.8 Å². The van der Waals surface area contributed by atoms with Crippen LogP contribution in [0, 0.1) is 17.0 Å². The number of hydrogen-bond acceptors (Lipinski definition) is 6. The molecular formula is C14H20N4O5S. The Hall–Kier alpha value is -2.04. The molecule has 2 rings (SSSR count). The molecule has 1 aromatic rings. The lowest BCUT2D eigenvalue weighted by molar-refractivity contribution is -0.385. The zero-order valence-electron chi connectivity index (χ0n) is 13.3.